The number of hydrogen-bond acceptors (Lipinski definition) is 4. The minimum Gasteiger partial charge on any atom is -0.387 e. The van der Waals surface area contributed by atoms with Crippen molar-refractivity contribution in [2.75, 3.05) is 0 Å². The van der Waals surface area contributed by atoms with E-state index in [0.717, 1.165) is 12.8 Å². The lowest BCUT2D eigenvalue weighted by atomic mass is 10.0. The van der Waals surface area contributed by atoms with Crippen LogP contribution in [0.15, 0.2) is 0 Å². The highest BCUT2D eigenvalue weighted by atomic mass is 16.8. The zero-order valence-corrected chi connectivity index (χ0v) is 10.5. The molecule has 2 fully saturated rings. The quantitative estimate of drug-likeness (QED) is 0.801. The van der Waals surface area contributed by atoms with Crippen LogP contribution in [0.25, 0.3) is 0 Å². The maximum Gasteiger partial charge on any atom is 0.190 e. The summed E-state index contributed by atoms with van der Waals surface area (Å²) in [6, 6.07) is 0. The van der Waals surface area contributed by atoms with Crippen molar-refractivity contribution in [3.05, 3.63) is 0 Å². The molecule has 94 valence electrons. The fraction of sp³-hybridized carbons (Fsp3) is 1.00. The van der Waals surface area contributed by atoms with Crippen LogP contribution < -0.4 is 0 Å². The Morgan fingerprint density at radius 1 is 1.31 bits per heavy atom. The molecule has 16 heavy (non-hydrogen) atoms. The fourth-order valence-electron chi connectivity index (χ4n) is 2.25. The molecule has 2 saturated heterocycles. The second kappa shape index (κ2) is 4.26. The summed E-state index contributed by atoms with van der Waals surface area (Å²) in [6.45, 7) is 8.05. The predicted molar refractivity (Wildman–Crippen MR) is 58.8 cm³/mol. The lowest BCUT2D eigenvalue weighted by Crippen LogP contribution is -2.38. The first kappa shape index (κ1) is 12.3. The Bertz CT molecular complexity index is 255. The Hall–Kier alpha value is -0.160. The topological polar surface area (TPSA) is 47.9 Å². The molecular weight excluding hydrogens is 208 g/mol. The first-order valence-electron chi connectivity index (χ1n) is 6.17. The number of ether oxygens (including phenoxy) is 3. The van der Waals surface area contributed by atoms with E-state index >= 15 is 0 Å². The second-order valence-corrected chi connectivity index (χ2v) is 5.19. The number of aliphatic hydroxyl groups excluding tert-OH is 1. The van der Waals surface area contributed by atoms with Crippen LogP contribution >= 0.6 is 0 Å². The van der Waals surface area contributed by atoms with Gasteiger partial charge in [0.05, 0.1) is 6.10 Å². The standard InChI is InChI=1S/C12H22O4/c1-5-6-8-9(13)10-11(14-8)16-12(4,15-10)7(2)3/h7-11,13H,5-6H2,1-4H3/t8-,9+,10-,11-,12?/m1/s1. The third-order valence-corrected chi connectivity index (χ3v) is 3.64. The molecule has 0 radical (unpaired) electrons. The van der Waals surface area contributed by atoms with Crippen LogP contribution in [0.2, 0.25) is 0 Å². The predicted octanol–water partition coefficient (Wildman–Crippen LogP) is 1.66. The Labute approximate surface area is 96.9 Å². The summed E-state index contributed by atoms with van der Waals surface area (Å²) in [5.41, 5.74) is 0. The van der Waals surface area contributed by atoms with Crippen molar-refractivity contribution in [3.63, 3.8) is 0 Å². The molecule has 5 atom stereocenters. The van der Waals surface area contributed by atoms with Gasteiger partial charge in [0.1, 0.15) is 12.2 Å². The Morgan fingerprint density at radius 2 is 2.00 bits per heavy atom. The van der Waals surface area contributed by atoms with Crippen LogP contribution in [-0.4, -0.2) is 35.5 Å². The van der Waals surface area contributed by atoms with Crippen LogP contribution in [0.1, 0.15) is 40.5 Å². The van der Waals surface area contributed by atoms with Crippen LogP contribution in [0.4, 0.5) is 0 Å². The average Bonchev–Trinajstić information content (AvgIpc) is 2.66. The van der Waals surface area contributed by atoms with E-state index in [2.05, 4.69) is 6.92 Å². The molecule has 0 aromatic rings. The van der Waals surface area contributed by atoms with E-state index in [0.29, 0.717) is 0 Å². The average molecular weight is 230 g/mol. The summed E-state index contributed by atoms with van der Waals surface area (Å²) in [7, 11) is 0. The fourth-order valence-corrected chi connectivity index (χ4v) is 2.25. The molecule has 2 heterocycles. The molecular formula is C12H22O4. The maximum atomic E-state index is 10.1. The molecule has 4 nitrogen and oxygen atoms in total. The first-order valence-corrected chi connectivity index (χ1v) is 6.17. The summed E-state index contributed by atoms with van der Waals surface area (Å²) in [4.78, 5) is 0. The van der Waals surface area contributed by atoms with Crippen molar-refractivity contribution < 1.29 is 19.3 Å². The van der Waals surface area contributed by atoms with E-state index in [1.807, 2.05) is 20.8 Å². The minimum absolute atomic E-state index is 0.142. The molecule has 2 rings (SSSR count). The van der Waals surface area contributed by atoms with Gasteiger partial charge in [0, 0.05) is 5.92 Å². The van der Waals surface area contributed by atoms with Crippen LogP contribution in [0, 0.1) is 5.92 Å². The van der Waals surface area contributed by atoms with E-state index < -0.39 is 18.2 Å². The highest BCUT2D eigenvalue weighted by molar-refractivity contribution is 4.94. The van der Waals surface area contributed by atoms with E-state index in [1.54, 1.807) is 0 Å². The first-order chi connectivity index (χ1) is 7.48. The largest absolute Gasteiger partial charge is 0.387 e. The lowest BCUT2D eigenvalue weighted by Gasteiger charge is -2.29. The Balaban J connectivity index is 2.02. The van der Waals surface area contributed by atoms with Crippen molar-refractivity contribution in [2.45, 2.75) is 70.9 Å². The van der Waals surface area contributed by atoms with E-state index in [9.17, 15) is 5.11 Å². The van der Waals surface area contributed by atoms with Gasteiger partial charge >= 0.3 is 0 Å². The number of hydrogen-bond donors (Lipinski definition) is 1. The zero-order valence-electron chi connectivity index (χ0n) is 10.5. The summed E-state index contributed by atoms with van der Waals surface area (Å²) in [5.74, 6) is -0.397. The number of fused-ring (bicyclic) bond motifs is 1. The third-order valence-electron chi connectivity index (χ3n) is 3.64. The SMILES string of the molecule is CCC[C@H]1O[C@@H]2OC(C)(C(C)C)O[C@@H]2[C@H]1O. The van der Waals surface area contributed by atoms with Gasteiger partial charge in [-0.1, -0.05) is 27.2 Å². The van der Waals surface area contributed by atoms with Gasteiger partial charge in [0.25, 0.3) is 0 Å². The lowest BCUT2D eigenvalue weighted by molar-refractivity contribution is -0.244. The van der Waals surface area contributed by atoms with Crippen molar-refractivity contribution in [2.24, 2.45) is 5.92 Å². The zero-order chi connectivity index (χ0) is 11.9. The highest BCUT2D eigenvalue weighted by Crippen LogP contribution is 2.41. The molecule has 2 aliphatic heterocycles. The Kier molecular flexibility index (Phi) is 3.27. The number of rotatable bonds is 3. The van der Waals surface area contributed by atoms with Crippen LogP contribution in [-0.2, 0) is 14.2 Å². The van der Waals surface area contributed by atoms with E-state index in [1.165, 1.54) is 0 Å². The molecule has 0 spiro atoms. The third kappa shape index (κ3) is 1.88. The molecule has 0 aromatic carbocycles. The van der Waals surface area contributed by atoms with Gasteiger partial charge in [-0.3, -0.25) is 0 Å². The van der Waals surface area contributed by atoms with E-state index in [4.69, 9.17) is 14.2 Å². The normalized spacial score (nSPS) is 47.6. The molecule has 1 N–H and O–H groups in total. The maximum absolute atomic E-state index is 10.1. The van der Waals surface area contributed by atoms with Crippen LogP contribution in [0.3, 0.4) is 0 Å². The van der Waals surface area contributed by atoms with Gasteiger partial charge in [-0.25, -0.2) is 0 Å². The molecule has 0 bridgehead atoms. The van der Waals surface area contributed by atoms with Gasteiger partial charge in [-0.2, -0.15) is 0 Å². The molecule has 0 aromatic heterocycles. The minimum atomic E-state index is -0.631. The van der Waals surface area contributed by atoms with Crippen molar-refractivity contribution in [3.8, 4) is 0 Å². The monoisotopic (exact) mass is 230 g/mol. The van der Waals surface area contributed by atoms with Gasteiger partial charge in [0.15, 0.2) is 12.1 Å². The molecule has 2 aliphatic rings. The molecule has 1 unspecified atom stereocenters. The molecule has 0 amide bonds. The molecule has 0 saturated carbocycles. The van der Waals surface area contributed by atoms with Crippen molar-refractivity contribution >= 4 is 0 Å². The molecule has 4 heteroatoms. The van der Waals surface area contributed by atoms with Gasteiger partial charge in [-0.05, 0) is 13.3 Å². The summed E-state index contributed by atoms with van der Waals surface area (Å²) in [6.07, 6.45) is 0.396. The molecule has 0 aliphatic carbocycles. The van der Waals surface area contributed by atoms with Gasteiger partial charge < -0.3 is 19.3 Å². The van der Waals surface area contributed by atoms with E-state index in [-0.39, 0.29) is 18.1 Å². The highest BCUT2D eigenvalue weighted by Gasteiger charge is 2.56. The Morgan fingerprint density at radius 3 is 2.50 bits per heavy atom. The summed E-state index contributed by atoms with van der Waals surface area (Å²) >= 11 is 0. The smallest absolute Gasteiger partial charge is 0.190 e. The summed E-state index contributed by atoms with van der Waals surface area (Å²) in [5, 5.41) is 10.1. The van der Waals surface area contributed by atoms with Crippen LogP contribution in [0.5, 0.6) is 0 Å². The van der Waals surface area contributed by atoms with Gasteiger partial charge in [0.2, 0.25) is 0 Å². The van der Waals surface area contributed by atoms with Crippen molar-refractivity contribution in [1.29, 1.82) is 0 Å². The summed E-state index contributed by atoms with van der Waals surface area (Å²) < 4.78 is 17.3. The van der Waals surface area contributed by atoms with Crippen molar-refractivity contribution in [1.82, 2.24) is 0 Å². The second-order valence-electron chi connectivity index (χ2n) is 5.19. The number of aliphatic hydroxyl groups is 1. The van der Waals surface area contributed by atoms with Gasteiger partial charge in [-0.15, -0.1) is 0 Å².